The Kier molecular flexibility index (Phi) is 6.79. The standard InChI is InChI=1S/C49H30N4O/c1-3-12-32(13-4-1)47-50-48(52-49(51-47)36-26-27-43-40(29-36)39-18-9-10-20-42(39)53(43)37-16-5-2-6-17-37)33-24-22-31(23-25-33)38-19-11-21-44-46(38)41-28-34-14-7-8-15-35(34)30-45(41)54-44/h1-30H. The molecule has 0 saturated heterocycles. The molecule has 0 fully saturated rings. The highest BCUT2D eigenvalue weighted by molar-refractivity contribution is 6.15. The van der Waals surface area contributed by atoms with Gasteiger partial charge in [0, 0.05) is 43.9 Å². The molecule has 0 amide bonds. The van der Waals surface area contributed by atoms with Gasteiger partial charge in [-0.1, -0.05) is 127 Å². The van der Waals surface area contributed by atoms with Crippen molar-refractivity contribution in [1.82, 2.24) is 19.5 Å². The molecule has 0 spiro atoms. The van der Waals surface area contributed by atoms with Gasteiger partial charge >= 0.3 is 0 Å². The van der Waals surface area contributed by atoms with Crippen molar-refractivity contribution in [2.24, 2.45) is 0 Å². The molecule has 0 unspecified atom stereocenters. The van der Waals surface area contributed by atoms with Gasteiger partial charge in [0.2, 0.25) is 0 Å². The zero-order valence-electron chi connectivity index (χ0n) is 29.0. The summed E-state index contributed by atoms with van der Waals surface area (Å²) in [5, 5.41) is 6.92. The zero-order chi connectivity index (χ0) is 35.6. The second kappa shape index (κ2) is 12.1. The van der Waals surface area contributed by atoms with Crippen molar-refractivity contribution >= 4 is 54.5 Å². The fourth-order valence-electron chi connectivity index (χ4n) is 7.87. The SMILES string of the molecule is c1ccc(-c2nc(-c3ccc(-c4cccc5oc6cc7ccccc7cc6c45)cc3)nc(-c3ccc4c(c3)c3ccccc3n4-c3ccccc3)n2)cc1. The monoisotopic (exact) mass is 690 g/mol. The number of nitrogens with zero attached hydrogens (tertiary/aromatic N) is 4. The lowest BCUT2D eigenvalue weighted by atomic mass is 9.97. The van der Waals surface area contributed by atoms with E-state index >= 15 is 0 Å². The maximum Gasteiger partial charge on any atom is 0.164 e. The van der Waals surface area contributed by atoms with Gasteiger partial charge in [-0.05, 0) is 76.5 Å². The highest BCUT2D eigenvalue weighted by Gasteiger charge is 2.18. The summed E-state index contributed by atoms with van der Waals surface area (Å²) in [5.74, 6) is 1.88. The van der Waals surface area contributed by atoms with Gasteiger partial charge < -0.3 is 8.98 Å². The summed E-state index contributed by atoms with van der Waals surface area (Å²) >= 11 is 0. The van der Waals surface area contributed by atoms with E-state index in [1.807, 2.05) is 36.4 Å². The van der Waals surface area contributed by atoms with Crippen LogP contribution in [0.1, 0.15) is 0 Å². The molecule has 5 heteroatoms. The normalized spacial score (nSPS) is 11.7. The predicted octanol–water partition coefficient (Wildman–Crippen LogP) is 12.7. The molecule has 5 nitrogen and oxygen atoms in total. The van der Waals surface area contributed by atoms with Crippen molar-refractivity contribution in [3.05, 3.63) is 182 Å². The van der Waals surface area contributed by atoms with Crippen LogP contribution in [0.3, 0.4) is 0 Å². The Bertz CT molecular complexity index is 3200. The predicted molar refractivity (Wildman–Crippen MR) is 221 cm³/mol. The molecule has 0 saturated carbocycles. The molecule has 11 rings (SSSR count). The van der Waals surface area contributed by atoms with Gasteiger partial charge in [0.1, 0.15) is 11.2 Å². The number of aromatic nitrogens is 4. The summed E-state index contributed by atoms with van der Waals surface area (Å²) in [6.07, 6.45) is 0. The zero-order valence-corrected chi connectivity index (χ0v) is 29.0. The third-order valence-electron chi connectivity index (χ3n) is 10.4. The fraction of sp³-hybridized carbons (Fsp3) is 0. The van der Waals surface area contributed by atoms with Gasteiger partial charge in [-0.3, -0.25) is 0 Å². The van der Waals surface area contributed by atoms with Crippen LogP contribution in [0.15, 0.2) is 186 Å². The van der Waals surface area contributed by atoms with E-state index in [2.05, 4.69) is 150 Å². The number of hydrogen-bond acceptors (Lipinski definition) is 4. The van der Waals surface area contributed by atoms with E-state index in [0.29, 0.717) is 17.5 Å². The molecule has 252 valence electrons. The summed E-state index contributed by atoms with van der Waals surface area (Å²) in [7, 11) is 0. The number of furan rings is 1. The van der Waals surface area contributed by atoms with Crippen molar-refractivity contribution in [3.8, 4) is 51.0 Å². The average molecular weight is 691 g/mol. The van der Waals surface area contributed by atoms with E-state index in [-0.39, 0.29) is 0 Å². The molecule has 3 aromatic heterocycles. The van der Waals surface area contributed by atoms with Crippen molar-refractivity contribution in [2.45, 2.75) is 0 Å². The number of rotatable bonds is 5. The number of hydrogen-bond donors (Lipinski definition) is 0. The van der Waals surface area contributed by atoms with Gasteiger partial charge in [0.05, 0.1) is 11.0 Å². The maximum absolute atomic E-state index is 6.37. The van der Waals surface area contributed by atoms with E-state index in [4.69, 9.17) is 19.4 Å². The number of benzene rings is 8. The van der Waals surface area contributed by atoms with E-state index < -0.39 is 0 Å². The van der Waals surface area contributed by atoms with Crippen molar-refractivity contribution in [3.63, 3.8) is 0 Å². The van der Waals surface area contributed by atoms with Gasteiger partial charge in [-0.2, -0.15) is 0 Å². The summed E-state index contributed by atoms with van der Waals surface area (Å²) in [6, 6.07) is 63.3. The first kappa shape index (κ1) is 30.3. The highest BCUT2D eigenvalue weighted by atomic mass is 16.3. The number of para-hydroxylation sites is 2. The van der Waals surface area contributed by atoms with Crippen LogP contribution in [-0.2, 0) is 0 Å². The summed E-state index contributed by atoms with van der Waals surface area (Å²) in [4.78, 5) is 15.2. The average Bonchev–Trinajstić information content (AvgIpc) is 3.78. The van der Waals surface area contributed by atoms with Crippen LogP contribution in [0.5, 0.6) is 0 Å². The molecule has 0 aliphatic heterocycles. The van der Waals surface area contributed by atoms with Gasteiger partial charge in [0.15, 0.2) is 17.5 Å². The Morgan fingerprint density at radius 2 is 0.963 bits per heavy atom. The number of fused-ring (bicyclic) bond motifs is 7. The minimum atomic E-state index is 0.621. The molecule has 0 radical (unpaired) electrons. The van der Waals surface area contributed by atoms with E-state index in [0.717, 1.165) is 71.9 Å². The fourth-order valence-corrected chi connectivity index (χ4v) is 7.87. The lowest BCUT2D eigenvalue weighted by Gasteiger charge is -2.10. The largest absolute Gasteiger partial charge is 0.456 e. The van der Waals surface area contributed by atoms with Crippen LogP contribution < -0.4 is 0 Å². The molecule has 0 aliphatic rings. The van der Waals surface area contributed by atoms with Crippen molar-refractivity contribution in [2.75, 3.05) is 0 Å². The summed E-state index contributed by atoms with van der Waals surface area (Å²) in [6.45, 7) is 0. The van der Waals surface area contributed by atoms with Crippen LogP contribution in [0.4, 0.5) is 0 Å². The Balaban J connectivity index is 1.04. The lowest BCUT2D eigenvalue weighted by molar-refractivity contribution is 0.669. The van der Waals surface area contributed by atoms with E-state index in [1.54, 1.807) is 0 Å². The Morgan fingerprint density at radius 3 is 1.74 bits per heavy atom. The second-order valence-electron chi connectivity index (χ2n) is 13.6. The quantitative estimate of drug-likeness (QED) is 0.180. The summed E-state index contributed by atoms with van der Waals surface area (Å²) < 4.78 is 8.69. The first-order valence-corrected chi connectivity index (χ1v) is 18.1. The minimum absolute atomic E-state index is 0.621. The molecule has 3 heterocycles. The molecule has 54 heavy (non-hydrogen) atoms. The molecular formula is C49H30N4O. The van der Waals surface area contributed by atoms with Gasteiger partial charge in [-0.15, -0.1) is 0 Å². The third kappa shape index (κ3) is 4.90. The maximum atomic E-state index is 6.37. The Morgan fingerprint density at radius 1 is 0.370 bits per heavy atom. The van der Waals surface area contributed by atoms with Gasteiger partial charge in [-0.25, -0.2) is 15.0 Å². The minimum Gasteiger partial charge on any atom is -0.456 e. The molecule has 0 bridgehead atoms. The molecular weight excluding hydrogens is 661 g/mol. The third-order valence-corrected chi connectivity index (χ3v) is 10.4. The van der Waals surface area contributed by atoms with Crippen molar-refractivity contribution < 1.29 is 4.42 Å². The second-order valence-corrected chi connectivity index (χ2v) is 13.6. The van der Waals surface area contributed by atoms with Crippen LogP contribution in [0, 0.1) is 0 Å². The van der Waals surface area contributed by atoms with Crippen molar-refractivity contribution in [1.29, 1.82) is 0 Å². The van der Waals surface area contributed by atoms with Crippen LogP contribution in [0.25, 0.3) is 105 Å². The Labute approximate surface area is 310 Å². The first-order valence-electron chi connectivity index (χ1n) is 18.1. The van der Waals surface area contributed by atoms with Crippen LogP contribution in [-0.4, -0.2) is 19.5 Å². The highest BCUT2D eigenvalue weighted by Crippen LogP contribution is 2.39. The lowest BCUT2D eigenvalue weighted by Crippen LogP contribution is -2.00. The Hall–Kier alpha value is -7.37. The van der Waals surface area contributed by atoms with Crippen LogP contribution in [0.2, 0.25) is 0 Å². The molecule has 11 aromatic rings. The summed E-state index contributed by atoms with van der Waals surface area (Å²) in [5.41, 5.74) is 10.2. The van der Waals surface area contributed by atoms with E-state index in [9.17, 15) is 0 Å². The molecule has 0 atom stereocenters. The van der Waals surface area contributed by atoms with Gasteiger partial charge in [0.25, 0.3) is 0 Å². The first-order chi connectivity index (χ1) is 26.7. The molecule has 0 aliphatic carbocycles. The molecule has 0 N–H and O–H groups in total. The topological polar surface area (TPSA) is 56.7 Å². The van der Waals surface area contributed by atoms with E-state index in [1.165, 1.54) is 16.2 Å². The molecule has 8 aromatic carbocycles. The smallest absolute Gasteiger partial charge is 0.164 e. The van der Waals surface area contributed by atoms with Crippen LogP contribution >= 0.6 is 0 Å².